The van der Waals surface area contributed by atoms with Gasteiger partial charge in [0, 0.05) is 24.0 Å². The first kappa shape index (κ1) is 12.8. The predicted molar refractivity (Wildman–Crippen MR) is 63.5 cm³/mol. The van der Waals surface area contributed by atoms with Crippen LogP contribution < -0.4 is 10.1 Å². The zero-order valence-electron chi connectivity index (χ0n) is 9.35. The van der Waals surface area contributed by atoms with Crippen molar-refractivity contribution >= 4 is 11.5 Å². The summed E-state index contributed by atoms with van der Waals surface area (Å²) >= 11 is 1.27. The SMILES string of the molecule is FC(F)Oc1ccccc1CNCc1csnn1. The predicted octanol–water partition coefficient (Wildman–Crippen LogP) is 2.43. The molecule has 0 aliphatic heterocycles. The number of halogens is 2. The lowest BCUT2D eigenvalue weighted by Crippen LogP contribution is -2.14. The number of nitrogens with one attached hydrogen (secondary N) is 1. The highest BCUT2D eigenvalue weighted by Crippen LogP contribution is 2.19. The summed E-state index contributed by atoms with van der Waals surface area (Å²) in [4.78, 5) is 0. The Morgan fingerprint density at radius 1 is 1.28 bits per heavy atom. The van der Waals surface area contributed by atoms with Crippen molar-refractivity contribution in [2.75, 3.05) is 0 Å². The quantitative estimate of drug-likeness (QED) is 0.876. The molecule has 0 saturated heterocycles. The van der Waals surface area contributed by atoms with Gasteiger partial charge in [-0.25, -0.2) is 0 Å². The van der Waals surface area contributed by atoms with E-state index in [0.29, 0.717) is 18.7 Å². The minimum atomic E-state index is -2.81. The number of aromatic nitrogens is 2. The summed E-state index contributed by atoms with van der Waals surface area (Å²) in [7, 11) is 0. The Morgan fingerprint density at radius 3 is 2.83 bits per heavy atom. The maximum atomic E-state index is 12.2. The Labute approximate surface area is 107 Å². The van der Waals surface area contributed by atoms with Crippen LogP contribution in [0, 0.1) is 0 Å². The van der Waals surface area contributed by atoms with E-state index in [1.165, 1.54) is 17.6 Å². The maximum absolute atomic E-state index is 12.2. The molecule has 0 unspecified atom stereocenters. The summed E-state index contributed by atoms with van der Waals surface area (Å²) in [6.45, 7) is -1.84. The van der Waals surface area contributed by atoms with E-state index in [4.69, 9.17) is 0 Å². The Morgan fingerprint density at radius 2 is 2.11 bits per heavy atom. The van der Waals surface area contributed by atoms with Crippen molar-refractivity contribution in [3.8, 4) is 5.75 Å². The van der Waals surface area contributed by atoms with Crippen molar-refractivity contribution in [1.82, 2.24) is 14.9 Å². The molecule has 1 N–H and O–H groups in total. The smallest absolute Gasteiger partial charge is 0.387 e. The molecular weight excluding hydrogens is 260 g/mol. The Hall–Kier alpha value is -1.60. The van der Waals surface area contributed by atoms with E-state index >= 15 is 0 Å². The standard InChI is InChI=1S/C11H11F2N3OS/c12-11(13)17-10-4-2-1-3-8(10)5-14-6-9-7-18-16-15-9/h1-4,7,11,14H,5-6H2. The van der Waals surface area contributed by atoms with Crippen LogP contribution in [0.5, 0.6) is 5.75 Å². The van der Waals surface area contributed by atoms with Crippen LogP contribution in [0.15, 0.2) is 29.6 Å². The molecule has 1 heterocycles. The molecule has 18 heavy (non-hydrogen) atoms. The first-order valence-corrected chi connectivity index (χ1v) is 6.08. The molecule has 0 amide bonds. The fourth-order valence-electron chi connectivity index (χ4n) is 1.45. The molecule has 0 atom stereocenters. The van der Waals surface area contributed by atoms with Gasteiger partial charge in [0.25, 0.3) is 0 Å². The van der Waals surface area contributed by atoms with Gasteiger partial charge in [0.2, 0.25) is 0 Å². The first-order chi connectivity index (χ1) is 8.75. The summed E-state index contributed by atoms with van der Waals surface area (Å²) in [6, 6.07) is 6.70. The molecule has 0 aliphatic carbocycles. The Kier molecular flexibility index (Phi) is 4.54. The zero-order valence-corrected chi connectivity index (χ0v) is 10.2. The second kappa shape index (κ2) is 6.36. The number of hydrogen-bond acceptors (Lipinski definition) is 5. The van der Waals surface area contributed by atoms with Gasteiger partial charge in [0.05, 0.1) is 5.69 Å². The summed E-state index contributed by atoms with van der Waals surface area (Å²) in [6.07, 6.45) is 0. The van der Waals surface area contributed by atoms with E-state index in [0.717, 1.165) is 5.69 Å². The minimum Gasteiger partial charge on any atom is -0.434 e. The van der Waals surface area contributed by atoms with Gasteiger partial charge in [0.15, 0.2) is 0 Å². The third-order valence-corrected chi connectivity index (χ3v) is 2.77. The molecule has 96 valence electrons. The topological polar surface area (TPSA) is 47.0 Å². The third-order valence-electron chi connectivity index (χ3n) is 2.22. The second-order valence-electron chi connectivity index (χ2n) is 3.49. The lowest BCUT2D eigenvalue weighted by Gasteiger charge is -2.10. The molecule has 2 aromatic rings. The van der Waals surface area contributed by atoms with Gasteiger partial charge in [-0.15, -0.1) is 5.10 Å². The van der Waals surface area contributed by atoms with Gasteiger partial charge < -0.3 is 10.1 Å². The third kappa shape index (κ3) is 3.71. The average molecular weight is 271 g/mol. The van der Waals surface area contributed by atoms with Crippen LogP contribution >= 0.6 is 11.5 Å². The molecule has 0 fully saturated rings. The molecule has 1 aromatic carbocycles. The van der Waals surface area contributed by atoms with Gasteiger partial charge in [-0.3, -0.25) is 0 Å². The number of alkyl halides is 2. The maximum Gasteiger partial charge on any atom is 0.387 e. The molecule has 7 heteroatoms. The van der Waals surface area contributed by atoms with E-state index in [1.807, 2.05) is 5.38 Å². The van der Waals surface area contributed by atoms with Crippen LogP contribution in [0.4, 0.5) is 8.78 Å². The molecule has 0 radical (unpaired) electrons. The molecule has 4 nitrogen and oxygen atoms in total. The van der Waals surface area contributed by atoms with Gasteiger partial charge in [-0.2, -0.15) is 8.78 Å². The first-order valence-electron chi connectivity index (χ1n) is 5.25. The number of benzene rings is 1. The highest BCUT2D eigenvalue weighted by Gasteiger charge is 2.08. The molecule has 0 saturated carbocycles. The molecular formula is C11H11F2N3OS. The van der Waals surface area contributed by atoms with Gasteiger partial charge in [-0.1, -0.05) is 22.7 Å². The van der Waals surface area contributed by atoms with Gasteiger partial charge >= 0.3 is 6.61 Å². The lowest BCUT2D eigenvalue weighted by molar-refractivity contribution is -0.0505. The lowest BCUT2D eigenvalue weighted by atomic mass is 10.2. The van der Waals surface area contributed by atoms with Crippen molar-refractivity contribution in [2.24, 2.45) is 0 Å². The number of ether oxygens (including phenoxy) is 1. The van der Waals surface area contributed by atoms with Crippen molar-refractivity contribution in [2.45, 2.75) is 19.7 Å². The van der Waals surface area contributed by atoms with Crippen LogP contribution in [0.1, 0.15) is 11.3 Å². The van der Waals surface area contributed by atoms with Crippen LogP contribution in [0.2, 0.25) is 0 Å². The number of para-hydroxylation sites is 1. The normalized spacial score (nSPS) is 10.8. The van der Waals surface area contributed by atoms with Crippen molar-refractivity contribution in [3.05, 3.63) is 40.9 Å². The highest BCUT2D eigenvalue weighted by atomic mass is 32.1. The van der Waals surface area contributed by atoms with E-state index < -0.39 is 6.61 Å². The van der Waals surface area contributed by atoms with Crippen LogP contribution in [-0.2, 0) is 13.1 Å². The van der Waals surface area contributed by atoms with Crippen LogP contribution in [-0.4, -0.2) is 16.2 Å². The van der Waals surface area contributed by atoms with Crippen molar-refractivity contribution in [1.29, 1.82) is 0 Å². The average Bonchev–Trinajstić information content (AvgIpc) is 2.84. The van der Waals surface area contributed by atoms with E-state index in [9.17, 15) is 8.78 Å². The highest BCUT2D eigenvalue weighted by molar-refractivity contribution is 7.03. The number of rotatable bonds is 6. The Bertz CT molecular complexity index is 479. The van der Waals surface area contributed by atoms with Crippen molar-refractivity contribution < 1.29 is 13.5 Å². The largest absolute Gasteiger partial charge is 0.434 e. The van der Waals surface area contributed by atoms with Crippen LogP contribution in [0.3, 0.4) is 0 Å². The summed E-state index contributed by atoms with van der Waals surface area (Å²) < 4.78 is 32.5. The van der Waals surface area contributed by atoms with Gasteiger partial charge in [-0.05, 0) is 17.6 Å². The molecule has 2 rings (SSSR count). The molecule has 1 aromatic heterocycles. The number of nitrogens with zero attached hydrogens (tertiary/aromatic N) is 2. The van der Waals surface area contributed by atoms with E-state index in [2.05, 4.69) is 19.6 Å². The summed E-state index contributed by atoms with van der Waals surface area (Å²) in [5.74, 6) is 0.191. The van der Waals surface area contributed by atoms with Crippen molar-refractivity contribution in [3.63, 3.8) is 0 Å². The minimum absolute atomic E-state index is 0.191. The fraction of sp³-hybridized carbons (Fsp3) is 0.273. The fourth-order valence-corrected chi connectivity index (χ4v) is 1.90. The molecule has 0 spiro atoms. The number of hydrogen-bond donors (Lipinski definition) is 1. The van der Waals surface area contributed by atoms with Crippen LogP contribution in [0.25, 0.3) is 0 Å². The van der Waals surface area contributed by atoms with E-state index in [1.54, 1.807) is 18.2 Å². The molecule has 0 bridgehead atoms. The summed E-state index contributed by atoms with van der Waals surface area (Å²) in [5.41, 5.74) is 1.51. The monoisotopic (exact) mass is 271 g/mol. The Balaban J connectivity index is 1.92. The summed E-state index contributed by atoms with van der Waals surface area (Å²) in [5, 5.41) is 8.80. The van der Waals surface area contributed by atoms with E-state index in [-0.39, 0.29) is 5.75 Å². The second-order valence-corrected chi connectivity index (χ2v) is 4.10. The zero-order chi connectivity index (χ0) is 12.8. The van der Waals surface area contributed by atoms with Gasteiger partial charge in [0.1, 0.15) is 5.75 Å². The molecule has 0 aliphatic rings.